The highest BCUT2D eigenvalue weighted by atomic mass is 15.3. The summed E-state index contributed by atoms with van der Waals surface area (Å²) in [5.74, 6) is 0.922. The molecule has 1 aromatic carbocycles. The van der Waals surface area contributed by atoms with E-state index in [1.165, 1.54) is 5.56 Å². The SMILES string of the molecule is Cn1ncnc1CC(C)(N)Cc1ccccc1. The van der Waals surface area contributed by atoms with E-state index in [0.29, 0.717) is 0 Å². The maximum atomic E-state index is 6.33. The molecule has 90 valence electrons. The number of aromatic nitrogens is 3. The molecule has 0 radical (unpaired) electrons. The lowest BCUT2D eigenvalue weighted by Crippen LogP contribution is -2.41. The van der Waals surface area contributed by atoms with E-state index in [0.717, 1.165) is 18.7 Å². The van der Waals surface area contributed by atoms with Crippen molar-refractivity contribution in [2.75, 3.05) is 0 Å². The Hall–Kier alpha value is -1.68. The molecule has 0 aliphatic rings. The fourth-order valence-corrected chi connectivity index (χ4v) is 1.97. The van der Waals surface area contributed by atoms with Crippen molar-refractivity contribution in [1.29, 1.82) is 0 Å². The Bertz CT molecular complexity index is 473. The molecular formula is C13H18N4. The van der Waals surface area contributed by atoms with Crippen molar-refractivity contribution in [2.24, 2.45) is 12.8 Å². The van der Waals surface area contributed by atoms with Crippen molar-refractivity contribution in [1.82, 2.24) is 14.8 Å². The van der Waals surface area contributed by atoms with Gasteiger partial charge in [0.05, 0.1) is 0 Å². The maximum absolute atomic E-state index is 6.33. The number of nitrogens with zero attached hydrogens (tertiary/aromatic N) is 3. The predicted octanol–water partition coefficient (Wildman–Crippen LogP) is 1.32. The van der Waals surface area contributed by atoms with Crippen molar-refractivity contribution in [3.8, 4) is 0 Å². The lowest BCUT2D eigenvalue weighted by Gasteiger charge is -2.24. The van der Waals surface area contributed by atoms with Crippen LogP contribution in [-0.2, 0) is 19.9 Å². The van der Waals surface area contributed by atoms with E-state index in [2.05, 4.69) is 29.1 Å². The zero-order valence-corrected chi connectivity index (χ0v) is 10.3. The maximum Gasteiger partial charge on any atom is 0.138 e. The third-order valence-corrected chi connectivity index (χ3v) is 2.82. The van der Waals surface area contributed by atoms with Gasteiger partial charge < -0.3 is 5.73 Å². The number of hydrogen-bond acceptors (Lipinski definition) is 3. The minimum Gasteiger partial charge on any atom is -0.325 e. The van der Waals surface area contributed by atoms with Crippen molar-refractivity contribution < 1.29 is 0 Å². The summed E-state index contributed by atoms with van der Waals surface area (Å²) >= 11 is 0. The van der Waals surface area contributed by atoms with Crippen LogP contribution in [0.25, 0.3) is 0 Å². The van der Waals surface area contributed by atoms with Crippen LogP contribution in [0.5, 0.6) is 0 Å². The molecule has 4 heteroatoms. The van der Waals surface area contributed by atoms with Crippen LogP contribution in [0, 0.1) is 0 Å². The molecule has 1 heterocycles. The first kappa shape index (κ1) is 11.8. The summed E-state index contributed by atoms with van der Waals surface area (Å²) in [6.45, 7) is 2.05. The Morgan fingerprint density at radius 3 is 2.53 bits per heavy atom. The summed E-state index contributed by atoms with van der Waals surface area (Å²) in [6.07, 6.45) is 3.12. The zero-order chi connectivity index (χ0) is 12.3. The van der Waals surface area contributed by atoms with E-state index in [1.807, 2.05) is 25.2 Å². The first-order chi connectivity index (χ1) is 8.07. The molecule has 0 saturated carbocycles. The quantitative estimate of drug-likeness (QED) is 0.861. The van der Waals surface area contributed by atoms with Gasteiger partial charge >= 0.3 is 0 Å². The summed E-state index contributed by atoms with van der Waals surface area (Å²) in [7, 11) is 1.89. The van der Waals surface area contributed by atoms with Crippen LogP contribution in [0.3, 0.4) is 0 Å². The zero-order valence-electron chi connectivity index (χ0n) is 10.3. The summed E-state index contributed by atoms with van der Waals surface area (Å²) in [6, 6.07) is 10.3. The monoisotopic (exact) mass is 230 g/mol. The van der Waals surface area contributed by atoms with E-state index in [-0.39, 0.29) is 5.54 Å². The molecule has 0 fully saturated rings. The Kier molecular flexibility index (Phi) is 3.24. The van der Waals surface area contributed by atoms with Gasteiger partial charge in [-0.25, -0.2) is 4.98 Å². The summed E-state index contributed by atoms with van der Waals surface area (Å²) in [5, 5.41) is 4.06. The summed E-state index contributed by atoms with van der Waals surface area (Å²) in [4.78, 5) is 4.21. The van der Waals surface area contributed by atoms with Crippen LogP contribution in [0.4, 0.5) is 0 Å². The topological polar surface area (TPSA) is 56.7 Å². The van der Waals surface area contributed by atoms with Gasteiger partial charge in [0.1, 0.15) is 12.2 Å². The van der Waals surface area contributed by atoms with Crippen molar-refractivity contribution >= 4 is 0 Å². The summed E-state index contributed by atoms with van der Waals surface area (Å²) < 4.78 is 1.77. The van der Waals surface area contributed by atoms with Gasteiger partial charge in [-0.05, 0) is 18.9 Å². The Morgan fingerprint density at radius 1 is 1.24 bits per heavy atom. The highest BCUT2D eigenvalue weighted by Crippen LogP contribution is 2.14. The molecular weight excluding hydrogens is 212 g/mol. The van der Waals surface area contributed by atoms with Gasteiger partial charge in [-0.2, -0.15) is 5.10 Å². The smallest absolute Gasteiger partial charge is 0.138 e. The minimum atomic E-state index is -0.303. The van der Waals surface area contributed by atoms with Gasteiger partial charge in [0.25, 0.3) is 0 Å². The van der Waals surface area contributed by atoms with Crippen LogP contribution < -0.4 is 5.73 Å². The third kappa shape index (κ3) is 3.14. The second-order valence-corrected chi connectivity index (χ2v) is 4.79. The number of aryl methyl sites for hydroxylation is 1. The fraction of sp³-hybridized carbons (Fsp3) is 0.385. The first-order valence-electron chi connectivity index (χ1n) is 5.72. The van der Waals surface area contributed by atoms with Gasteiger partial charge in [-0.3, -0.25) is 4.68 Å². The van der Waals surface area contributed by atoms with Gasteiger partial charge in [-0.15, -0.1) is 0 Å². The van der Waals surface area contributed by atoms with Crippen LogP contribution in [-0.4, -0.2) is 20.3 Å². The molecule has 1 atom stereocenters. The molecule has 0 bridgehead atoms. The lowest BCUT2D eigenvalue weighted by atomic mass is 9.90. The van der Waals surface area contributed by atoms with Crippen molar-refractivity contribution in [3.05, 3.63) is 48.0 Å². The fourth-order valence-electron chi connectivity index (χ4n) is 1.97. The van der Waals surface area contributed by atoms with Gasteiger partial charge in [0.2, 0.25) is 0 Å². The van der Waals surface area contributed by atoms with Crippen LogP contribution in [0.2, 0.25) is 0 Å². The average molecular weight is 230 g/mol. The van der Waals surface area contributed by atoms with E-state index < -0.39 is 0 Å². The highest BCUT2D eigenvalue weighted by Gasteiger charge is 2.21. The first-order valence-corrected chi connectivity index (χ1v) is 5.72. The normalized spacial score (nSPS) is 14.5. The van der Waals surface area contributed by atoms with Crippen molar-refractivity contribution in [3.63, 3.8) is 0 Å². The van der Waals surface area contributed by atoms with Gasteiger partial charge in [-0.1, -0.05) is 30.3 Å². The van der Waals surface area contributed by atoms with Crippen LogP contribution in [0.15, 0.2) is 36.7 Å². The minimum absolute atomic E-state index is 0.303. The Labute approximate surface area is 101 Å². The molecule has 0 saturated heterocycles. The second-order valence-electron chi connectivity index (χ2n) is 4.79. The molecule has 4 nitrogen and oxygen atoms in total. The van der Waals surface area contributed by atoms with E-state index in [1.54, 1.807) is 11.0 Å². The average Bonchev–Trinajstić information content (AvgIpc) is 2.64. The van der Waals surface area contributed by atoms with E-state index in [4.69, 9.17) is 5.73 Å². The molecule has 2 rings (SSSR count). The van der Waals surface area contributed by atoms with E-state index >= 15 is 0 Å². The van der Waals surface area contributed by atoms with Gasteiger partial charge in [0.15, 0.2) is 0 Å². The Morgan fingerprint density at radius 2 is 1.94 bits per heavy atom. The van der Waals surface area contributed by atoms with E-state index in [9.17, 15) is 0 Å². The van der Waals surface area contributed by atoms with Gasteiger partial charge in [0, 0.05) is 19.0 Å². The van der Waals surface area contributed by atoms with Crippen molar-refractivity contribution in [2.45, 2.75) is 25.3 Å². The molecule has 2 aromatic rings. The molecule has 1 unspecified atom stereocenters. The molecule has 0 aliphatic carbocycles. The largest absolute Gasteiger partial charge is 0.325 e. The second kappa shape index (κ2) is 4.67. The molecule has 0 spiro atoms. The molecule has 0 amide bonds. The molecule has 0 aliphatic heterocycles. The summed E-state index contributed by atoms with van der Waals surface area (Å²) in [5.41, 5.74) is 7.27. The number of rotatable bonds is 4. The molecule has 17 heavy (non-hydrogen) atoms. The lowest BCUT2D eigenvalue weighted by molar-refractivity contribution is 0.442. The third-order valence-electron chi connectivity index (χ3n) is 2.82. The molecule has 2 N–H and O–H groups in total. The number of hydrogen-bond donors (Lipinski definition) is 1. The predicted molar refractivity (Wildman–Crippen MR) is 67.4 cm³/mol. The van der Waals surface area contributed by atoms with Crippen LogP contribution >= 0.6 is 0 Å². The Balaban J connectivity index is 2.07. The number of benzene rings is 1. The molecule has 1 aromatic heterocycles. The number of nitrogens with two attached hydrogens (primary N) is 1. The highest BCUT2D eigenvalue weighted by molar-refractivity contribution is 5.18. The van der Waals surface area contributed by atoms with Crippen LogP contribution in [0.1, 0.15) is 18.3 Å². The standard InChI is InChI=1S/C13H18N4/c1-13(14,8-11-6-4-3-5-7-11)9-12-15-10-16-17(12)2/h3-7,10H,8-9,14H2,1-2H3.